The number of aryl methyl sites for hydroxylation is 2. The number of carbonyl (C=O) groups is 1. The maximum Gasteiger partial charge on any atom is 0.338 e. The molecule has 1 aliphatic rings. The van der Waals surface area contributed by atoms with Crippen molar-refractivity contribution in [2.24, 2.45) is 0 Å². The number of hydrogen-bond donors (Lipinski definition) is 0. The molecule has 0 amide bonds. The Bertz CT molecular complexity index is 823. The molecule has 2 aromatic carbocycles. The smallest absolute Gasteiger partial charge is 0.338 e. The summed E-state index contributed by atoms with van der Waals surface area (Å²) < 4.78 is 5.75. The quantitative estimate of drug-likeness (QED) is 0.613. The highest BCUT2D eigenvalue weighted by molar-refractivity contribution is 6.31. The van der Waals surface area contributed by atoms with Crippen molar-refractivity contribution in [1.29, 1.82) is 0 Å². The summed E-state index contributed by atoms with van der Waals surface area (Å²) >= 11 is 6.04. The number of rotatable bonds is 4. The van der Waals surface area contributed by atoms with Gasteiger partial charge in [0.05, 0.1) is 5.56 Å². The van der Waals surface area contributed by atoms with E-state index >= 15 is 0 Å². The number of carbonyl (C=O) groups excluding carboxylic acids is 1. The van der Waals surface area contributed by atoms with Gasteiger partial charge in [-0.1, -0.05) is 17.7 Å². The summed E-state index contributed by atoms with van der Waals surface area (Å²) in [5.41, 5.74) is 5.48. The summed E-state index contributed by atoms with van der Waals surface area (Å²) in [6.45, 7) is 4.09. The fourth-order valence-corrected chi connectivity index (χ4v) is 4.00. The van der Waals surface area contributed by atoms with E-state index in [-0.39, 0.29) is 12.1 Å². The molecule has 1 aliphatic carbocycles. The third kappa shape index (κ3) is 4.65. The van der Waals surface area contributed by atoms with Crippen LogP contribution in [0.1, 0.15) is 58.6 Å². The first-order valence-corrected chi connectivity index (χ1v) is 9.98. The van der Waals surface area contributed by atoms with E-state index < -0.39 is 0 Å². The Balaban J connectivity index is 1.59. The van der Waals surface area contributed by atoms with Crippen molar-refractivity contribution in [1.82, 2.24) is 0 Å². The molecule has 0 unspecified atom stereocenters. The average molecular weight is 386 g/mol. The van der Waals surface area contributed by atoms with Crippen LogP contribution in [0.15, 0.2) is 36.4 Å². The molecule has 0 heterocycles. The molecule has 0 aromatic heterocycles. The van der Waals surface area contributed by atoms with Gasteiger partial charge < -0.3 is 9.64 Å². The standard InChI is InChI=1S/C23H28ClNO2/c1-15-14-19(25(3)4)8-11-21(15)17-5-9-20(10-6-17)27-23(26)18-7-12-22(24)16(2)13-18/h7-8,11-14,17,20H,5-6,9-10H2,1-4H3. The van der Waals surface area contributed by atoms with E-state index in [4.69, 9.17) is 16.3 Å². The number of halogens is 1. The summed E-state index contributed by atoms with van der Waals surface area (Å²) in [5, 5.41) is 0.669. The summed E-state index contributed by atoms with van der Waals surface area (Å²) in [7, 11) is 4.13. The highest BCUT2D eigenvalue weighted by Gasteiger charge is 2.26. The Labute approximate surface area is 167 Å². The van der Waals surface area contributed by atoms with Crippen molar-refractivity contribution >= 4 is 23.3 Å². The molecule has 3 rings (SSSR count). The summed E-state index contributed by atoms with van der Waals surface area (Å²) in [6.07, 6.45) is 3.95. The molecule has 0 atom stereocenters. The Morgan fingerprint density at radius 2 is 1.70 bits per heavy atom. The van der Waals surface area contributed by atoms with E-state index in [1.807, 2.05) is 6.92 Å². The summed E-state index contributed by atoms with van der Waals surface area (Å²) in [5.74, 6) is 0.304. The minimum Gasteiger partial charge on any atom is -0.459 e. The molecule has 3 nitrogen and oxygen atoms in total. The normalized spacial score (nSPS) is 19.6. The van der Waals surface area contributed by atoms with Gasteiger partial charge in [0.25, 0.3) is 0 Å². The van der Waals surface area contributed by atoms with Gasteiger partial charge in [-0.3, -0.25) is 0 Å². The third-order valence-corrected chi connectivity index (χ3v) is 5.98. The second-order valence-corrected chi connectivity index (χ2v) is 8.19. The molecular formula is C23H28ClNO2. The van der Waals surface area contributed by atoms with Crippen LogP contribution >= 0.6 is 11.6 Å². The summed E-state index contributed by atoms with van der Waals surface area (Å²) in [6, 6.07) is 12.0. The Hall–Kier alpha value is -2.00. The zero-order valence-electron chi connectivity index (χ0n) is 16.6. The van der Waals surface area contributed by atoms with Crippen LogP contribution in [0.3, 0.4) is 0 Å². The molecule has 1 fully saturated rings. The Kier molecular flexibility index (Phi) is 6.11. The molecule has 0 aliphatic heterocycles. The van der Waals surface area contributed by atoms with Crippen LogP contribution in [-0.4, -0.2) is 26.2 Å². The average Bonchev–Trinajstić information content (AvgIpc) is 2.64. The van der Waals surface area contributed by atoms with Gasteiger partial charge in [0.1, 0.15) is 6.10 Å². The number of ether oxygens (including phenoxy) is 1. The second kappa shape index (κ2) is 8.35. The molecule has 0 saturated heterocycles. The van der Waals surface area contributed by atoms with E-state index in [0.717, 1.165) is 31.2 Å². The number of nitrogens with zero attached hydrogens (tertiary/aromatic N) is 1. The third-order valence-electron chi connectivity index (χ3n) is 5.55. The number of esters is 1. The second-order valence-electron chi connectivity index (χ2n) is 7.78. The van der Waals surface area contributed by atoms with Crippen molar-refractivity contribution < 1.29 is 9.53 Å². The van der Waals surface area contributed by atoms with Crippen LogP contribution in [0.2, 0.25) is 5.02 Å². The lowest BCUT2D eigenvalue weighted by Gasteiger charge is -2.30. The lowest BCUT2D eigenvalue weighted by Crippen LogP contribution is -2.24. The topological polar surface area (TPSA) is 29.5 Å². The van der Waals surface area contributed by atoms with E-state index in [2.05, 4.69) is 44.1 Å². The van der Waals surface area contributed by atoms with Crippen molar-refractivity contribution in [2.75, 3.05) is 19.0 Å². The number of anilines is 1. The van der Waals surface area contributed by atoms with Gasteiger partial charge in [0, 0.05) is 24.8 Å². The molecule has 0 spiro atoms. The van der Waals surface area contributed by atoms with Crippen LogP contribution in [0.4, 0.5) is 5.69 Å². The van der Waals surface area contributed by atoms with E-state index in [1.54, 1.807) is 18.2 Å². The van der Waals surface area contributed by atoms with Gasteiger partial charge in [-0.15, -0.1) is 0 Å². The van der Waals surface area contributed by atoms with Crippen LogP contribution < -0.4 is 4.90 Å². The van der Waals surface area contributed by atoms with Crippen LogP contribution in [0.5, 0.6) is 0 Å². The minimum absolute atomic E-state index is 0.00564. The Morgan fingerprint density at radius 3 is 2.30 bits per heavy atom. The molecule has 144 valence electrons. The number of benzene rings is 2. The summed E-state index contributed by atoms with van der Waals surface area (Å²) in [4.78, 5) is 14.5. The van der Waals surface area contributed by atoms with Crippen molar-refractivity contribution in [3.8, 4) is 0 Å². The molecule has 1 saturated carbocycles. The zero-order valence-corrected chi connectivity index (χ0v) is 17.3. The van der Waals surface area contributed by atoms with Gasteiger partial charge >= 0.3 is 5.97 Å². The largest absolute Gasteiger partial charge is 0.459 e. The molecule has 27 heavy (non-hydrogen) atoms. The van der Waals surface area contributed by atoms with Crippen LogP contribution in [-0.2, 0) is 4.74 Å². The van der Waals surface area contributed by atoms with E-state index in [9.17, 15) is 4.79 Å². The van der Waals surface area contributed by atoms with Gasteiger partial charge in [-0.25, -0.2) is 4.79 Å². The first kappa shape index (κ1) is 19.8. The fraction of sp³-hybridized carbons (Fsp3) is 0.435. The lowest BCUT2D eigenvalue weighted by atomic mass is 9.81. The lowest BCUT2D eigenvalue weighted by molar-refractivity contribution is 0.0195. The highest BCUT2D eigenvalue weighted by Crippen LogP contribution is 2.36. The maximum atomic E-state index is 12.4. The van der Waals surface area contributed by atoms with Crippen LogP contribution in [0.25, 0.3) is 0 Å². The molecule has 2 aromatic rings. The fourth-order valence-electron chi connectivity index (χ4n) is 3.88. The molecule has 0 N–H and O–H groups in total. The molecule has 0 radical (unpaired) electrons. The predicted octanol–water partition coefficient (Wildman–Crippen LogP) is 5.91. The molecule has 0 bridgehead atoms. The van der Waals surface area contributed by atoms with Gasteiger partial charge in [0.2, 0.25) is 0 Å². The van der Waals surface area contributed by atoms with Gasteiger partial charge in [0.15, 0.2) is 0 Å². The van der Waals surface area contributed by atoms with E-state index in [0.29, 0.717) is 16.5 Å². The minimum atomic E-state index is -0.246. The van der Waals surface area contributed by atoms with Crippen LogP contribution in [0, 0.1) is 13.8 Å². The van der Waals surface area contributed by atoms with E-state index in [1.165, 1.54) is 16.8 Å². The van der Waals surface area contributed by atoms with Crippen molar-refractivity contribution in [3.05, 3.63) is 63.7 Å². The number of hydrogen-bond acceptors (Lipinski definition) is 3. The predicted molar refractivity (Wildman–Crippen MR) is 112 cm³/mol. The van der Waals surface area contributed by atoms with Gasteiger partial charge in [-0.2, -0.15) is 0 Å². The van der Waals surface area contributed by atoms with Crippen molar-refractivity contribution in [2.45, 2.75) is 51.6 Å². The molecular weight excluding hydrogens is 358 g/mol. The highest BCUT2D eigenvalue weighted by atomic mass is 35.5. The maximum absolute atomic E-state index is 12.4. The Morgan fingerprint density at radius 1 is 1.00 bits per heavy atom. The zero-order chi connectivity index (χ0) is 19.6. The van der Waals surface area contributed by atoms with Crippen molar-refractivity contribution in [3.63, 3.8) is 0 Å². The SMILES string of the molecule is Cc1cc(C(=O)OC2CCC(c3ccc(N(C)C)cc3C)CC2)ccc1Cl. The monoisotopic (exact) mass is 385 g/mol. The van der Waals surface area contributed by atoms with Gasteiger partial charge in [-0.05, 0) is 92.5 Å². The first-order valence-electron chi connectivity index (χ1n) is 9.60. The first-order chi connectivity index (χ1) is 12.8. The molecule has 4 heteroatoms.